The molecule has 27 heavy (non-hydrogen) atoms. The third-order valence-corrected chi connectivity index (χ3v) is 6.47. The summed E-state index contributed by atoms with van der Waals surface area (Å²) in [6, 6.07) is 32.2. The van der Waals surface area contributed by atoms with Gasteiger partial charge in [-0.1, -0.05) is 84.9 Å². The van der Waals surface area contributed by atoms with E-state index in [2.05, 4.69) is 95.1 Å². The van der Waals surface area contributed by atoms with E-state index in [9.17, 15) is 0 Å². The van der Waals surface area contributed by atoms with Gasteiger partial charge in [-0.3, -0.25) is 5.10 Å². The van der Waals surface area contributed by atoms with Crippen LogP contribution in [0.1, 0.15) is 0 Å². The zero-order chi connectivity index (χ0) is 18.9. The summed E-state index contributed by atoms with van der Waals surface area (Å²) in [5, 5.41) is 11.3. The van der Waals surface area contributed by atoms with E-state index < -0.39 is 7.92 Å². The number of halogens is 2. The first-order valence-electron chi connectivity index (χ1n) is 8.16. The summed E-state index contributed by atoms with van der Waals surface area (Å²) < 4.78 is 0. The molecule has 0 aliphatic heterocycles. The molecule has 6 heteroatoms. The zero-order valence-corrected chi connectivity index (χ0v) is 18.2. The summed E-state index contributed by atoms with van der Waals surface area (Å²) in [6.45, 7) is 0. The van der Waals surface area contributed by atoms with Crippen LogP contribution in [0.2, 0.25) is 0 Å². The largest absolute Gasteiger partial charge is 0.278 e. The number of nitrogens with zero attached hydrogens (tertiary/aromatic N) is 1. The van der Waals surface area contributed by atoms with E-state index in [4.69, 9.17) is 19.1 Å². The van der Waals surface area contributed by atoms with E-state index in [0.717, 1.165) is 5.69 Å². The Morgan fingerprint density at radius 3 is 1.74 bits per heavy atom. The van der Waals surface area contributed by atoms with Crippen molar-refractivity contribution in [3.63, 3.8) is 0 Å². The molecular formula is C21H17Cl2N2PPd. The van der Waals surface area contributed by atoms with Crippen molar-refractivity contribution < 1.29 is 15.9 Å². The van der Waals surface area contributed by atoms with E-state index >= 15 is 0 Å². The summed E-state index contributed by atoms with van der Waals surface area (Å²) >= 11 is -0.106. The van der Waals surface area contributed by atoms with E-state index in [1.54, 1.807) is 6.20 Å². The predicted molar refractivity (Wildman–Crippen MR) is 114 cm³/mol. The van der Waals surface area contributed by atoms with E-state index in [0.29, 0.717) is 0 Å². The molecule has 0 aliphatic carbocycles. The molecule has 4 aromatic rings. The summed E-state index contributed by atoms with van der Waals surface area (Å²) in [5.41, 5.74) is 2.28. The molecule has 0 bridgehead atoms. The third-order valence-electron chi connectivity index (χ3n) is 3.96. The van der Waals surface area contributed by atoms with Crippen LogP contribution in [0.4, 0.5) is 0 Å². The maximum atomic E-state index is 4.81. The second-order valence-corrected chi connectivity index (χ2v) is 10.1. The number of hydrogen-bond acceptors (Lipinski definition) is 1. The van der Waals surface area contributed by atoms with Crippen molar-refractivity contribution in [3.8, 4) is 11.3 Å². The summed E-state index contributed by atoms with van der Waals surface area (Å²) in [6.07, 6.45) is 1.80. The molecule has 0 atom stereocenters. The molecule has 0 aliphatic rings. The Bertz CT molecular complexity index is 895. The fourth-order valence-corrected chi connectivity index (χ4v) is 5.35. The van der Waals surface area contributed by atoms with Gasteiger partial charge >= 0.3 is 35.0 Å². The minimum atomic E-state index is -0.619. The fourth-order valence-electron chi connectivity index (χ4n) is 2.88. The number of aromatic nitrogens is 2. The van der Waals surface area contributed by atoms with E-state index in [1.807, 2.05) is 6.07 Å². The van der Waals surface area contributed by atoms with Crippen molar-refractivity contribution in [2.24, 2.45) is 0 Å². The van der Waals surface area contributed by atoms with E-state index in [-0.39, 0.29) is 15.9 Å². The molecule has 0 amide bonds. The van der Waals surface area contributed by atoms with Crippen molar-refractivity contribution in [1.29, 1.82) is 0 Å². The SMILES string of the molecule is [Cl][Pd][Cl].c1ccc(P(c2ccccc2)c2ccccc2-c2ccn[nH]2)cc1. The second-order valence-electron chi connectivity index (χ2n) is 5.54. The minimum absolute atomic E-state index is 0.106. The van der Waals surface area contributed by atoms with Gasteiger partial charge in [-0.2, -0.15) is 5.10 Å². The zero-order valence-electron chi connectivity index (χ0n) is 14.2. The van der Waals surface area contributed by atoms with Crippen molar-refractivity contribution in [1.82, 2.24) is 10.2 Å². The maximum Gasteiger partial charge on any atom is 0.0656 e. The van der Waals surface area contributed by atoms with Gasteiger partial charge < -0.3 is 0 Å². The molecule has 0 fully saturated rings. The smallest absolute Gasteiger partial charge is 0.0656 e. The first-order chi connectivity index (χ1) is 13.3. The summed E-state index contributed by atoms with van der Waals surface area (Å²) in [5.74, 6) is 0. The van der Waals surface area contributed by atoms with Gasteiger partial charge in [0.2, 0.25) is 0 Å². The Hall–Kier alpha value is -1.46. The molecule has 0 radical (unpaired) electrons. The monoisotopic (exact) mass is 504 g/mol. The van der Waals surface area contributed by atoms with Gasteiger partial charge in [-0.15, -0.1) is 0 Å². The molecule has 4 rings (SSSR count). The normalized spacial score (nSPS) is 10.5. The van der Waals surface area contributed by atoms with Gasteiger partial charge in [0.1, 0.15) is 0 Å². The number of aromatic amines is 1. The maximum absolute atomic E-state index is 4.81. The van der Waals surface area contributed by atoms with Gasteiger partial charge in [-0.25, -0.2) is 0 Å². The predicted octanol–water partition coefficient (Wildman–Crippen LogP) is 5.21. The Morgan fingerprint density at radius 2 is 1.22 bits per heavy atom. The van der Waals surface area contributed by atoms with Crippen molar-refractivity contribution >= 4 is 42.9 Å². The molecular weight excluding hydrogens is 489 g/mol. The molecule has 0 spiro atoms. The van der Waals surface area contributed by atoms with Gasteiger partial charge in [0.05, 0.1) is 5.69 Å². The molecule has 2 nitrogen and oxygen atoms in total. The molecule has 140 valence electrons. The van der Waals surface area contributed by atoms with Crippen LogP contribution < -0.4 is 15.9 Å². The molecule has 1 heterocycles. The minimum Gasteiger partial charge on any atom is -0.278 e. The number of benzene rings is 3. The van der Waals surface area contributed by atoms with Crippen molar-refractivity contribution in [3.05, 3.63) is 97.2 Å². The van der Waals surface area contributed by atoms with Crippen LogP contribution in [0.5, 0.6) is 0 Å². The third kappa shape index (κ3) is 5.29. The van der Waals surface area contributed by atoms with Crippen LogP contribution in [0.25, 0.3) is 11.3 Å². The Balaban J connectivity index is 0.000000659. The standard InChI is InChI=1S/C21H17N2P.2ClH.Pd/c1-3-9-17(10-4-1)24(18-11-5-2-6-12-18)21-14-8-7-13-19(21)20-15-16-22-23-20;;;/h1-16H,(H,22,23);2*1H;/q;;;+2/p-2. The number of hydrogen-bond donors (Lipinski definition) is 1. The molecule has 1 aromatic heterocycles. The quantitative estimate of drug-likeness (QED) is 0.299. The molecule has 1 N–H and O–H groups in total. The van der Waals surface area contributed by atoms with Crippen LogP contribution in [0.3, 0.4) is 0 Å². The molecule has 3 aromatic carbocycles. The van der Waals surface area contributed by atoms with Gasteiger partial charge in [0, 0.05) is 11.8 Å². The van der Waals surface area contributed by atoms with Crippen molar-refractivity contribution in [2.45, 2.75) is 0 Å². The van der Waals surface area contributed by atoms with E-state index in [1.165, 1.54) is 21.5 Å². The Morgan fingerprint density at radius 1 is 0.704 bits per heavy atom. The van der Waals surface area contributed by atoms with Crippen LogP contribution in [-0.2, 0) is 15.9 Å². The topological polar surface area (TPSA) is 28.7 Å². The number of rotatable bonds is 4. The average Bonchev–Trinajstić information content (AvgIpc) is 3.26. The van der Waals surface area contributed by atoms with Crippen LogP contribution >= 0.6 is 27.0 Å². The fraction of sp³-hybridized carbons (Fsp3) is 0. The van der Waals surface area contributed by atoms with Crippen LogP contribution in [0.15, 0.2) is 97.2 Å². The molecule has 0 saturated carbocycles. The summed E-state index contributed by atoms with van der Waals surface area (Å²) in [7, 11) is 9.01. The Labute approximate surface area is 176 Å². The first-order valence-corrected chi connectivity index (χ1v) is 13.5. The molecule has 0 saturated heterocycles. The van der Waals surface area contributed by atoms with Gasteiger partial charge in [0.25, 0.3) is 0 Å². The van der Waals surface area contributed by atoms with Crippen LogP contribution in [-0.4, -0.2) is 10.2 Å². The summed E-state index contributed by atoms with van der Waals surface area (Å²) in [4.78, 5) is 0. The number of nitrogens with one attached hydrogen (secondary N) is 1. The average molecular weight is 506 g/mol. The van der Waals surface area contributed by atoms with Crippen LogP contribution in [0, 0.1) is 0 Å². The Kier molecular flexibility index (Phi) is 8.09. The second kappa shape index (κ2) is 10.8. The van der Waals surface area contributed by atoms with Gasteiger partial charge in [-0.05, 0) is 29.9 Å². The number of H-pyrrole nitrogens is 1. The van der Waals surface area contributed by atoms with Gasteiger partial charge in [0.15, 0.2) is 0 Å². The van der Waals surface area contributed by atoms with Crippen molar-refractivity contribution in [2.75, 3.05) is 0 Å². The molecule has 0 unspecified atom stereocenters. The first kappa shape index (κ1) is 20.3.